The number of methoxy groups -OCH3 is 1. The van der Waals surface area contributed by atoms with E-state index in [0.29, 0.717) is 5.41 Å². The van der Waals surface area contributed by atoms with Crippen LogP contribution in [0.1, 0.15) is 26.2 Å². The van der Waals surface area contributed by atoms with Crippen molar-refractivity contribution in [2.24, 2.45) is 5.41 Å². The van der Waals surface area contributed by atoms with Crippen LogP contribution in [0.5, 0.6) is 0 Å². The van der Waals surface area contributed by atoms with Gasteiger partial charge in [0.2, 0.25) is 0 Å². The Morgan fingerprint density at radius 1 is 1.36 bits per heavy atom. The highest BCUT2D eigenvalue weighted by Crippen LogP contribution is 2.32. The van der Waals surface area contributed by atoms with E-state index < -0.39 is 0 Å². The van der Waals surface area contributed by atoms with Crippen LogP contribution in [-0.4, -0.2) is 26.8 Å². The van der Waals surface area contributed by atoms with Crippen molar-refractivity contribution in [1.29, 1.82) is 0 Å². The highest BCUT2D eigenvalue weighted by molar-refractivity contribution is 4.91. The summed E-state index contributed by atoms with van der Waals surface area (Å²) < 4.78 is 5.09. The number of hydrogen-bond acceptors (Lipinski definition) is 2. The van der Waals surface area contributed by atoms with Crippen LogP contribution < -0.4 is 5.32 Å². The molecule has 1 heterocycles. The standard InChI is InChI=1S/C9H19NO/c1-3-4-9(5-6-11-2)7-10-8-9/h10H,3-8H2,1-2H3. The molecule has 0 radical (unpaired) electrons. The highest BCUT2D eigenvalue weighted by atomic mass is 16.5. The molecule has 0 spiro atoms. The molecule has 0 aromatic rings. The lowest BCUT2D eigenvalue weighted by molar-refractivity contribution is 0.0822. The third-order valence-corrected chi connectivity index (χ3v) is 2.62. The molecule has 2 nitrogen and oxygen atoms in total. The molecule has 1 aliphatic rings. The normalized spacial score (nSPS) is 21.3. The molecular weight excluding hydrogens is 138 g/mol. The van der Waals surface area contributed by atoms with Crippen LogP contribution in [0.3, 0.4) is 0 Å². The second kappa shape index (κ2) is 4.07. The lowest BCUT2D eigenvalue weighted by Crippen LogP contribution is -2.53. The average molecular weight is 157 g/mol. The number of nitrogens with one attached hydrogen (secondary N) is 1. The van der Waals surface area contributed by atoms with E-state index in [1.165, 1.54) is 32.4 Å². The van der Waals surface area contributed by atoms with Gasteiger partial charge in [0.25, 0.3) is 0 Å². The fourth-order valence-corrected chi connectivity index (χ4v) is 1.81. The van der Waals surface area contributed by atoms with Crippen molar-refractivity contribution in [3.63, 3.8) is 0 Å². The zero-order valence-corrected chi connectivity index (χ0v) is 7.65. The number of ether oxygens (including phenoxy) is 1. The predicted octanol–water partition coefficient (Wildman–Crippen LogP) is 1.41. The van der Waals surface area contributed by atoms with E-state index >= 15 is 0 Å². The summed E-state index contributed by atoms with van der Waals surface area (Å²) in [6.07, 6.45) is 3.87. The van der Waals surface area contributed by atoms with Crippen molar-refractivity contribution < 1.29 is 4.74 Å². The van der Waals surface area contributed by atoms with E-state index in [4.69, 9.17) is 4.74 Å². The summed E-state index contributed by atoms with van der Waals surface area (Å²) in [5.74, 6) is 0. The maximum Gasteiger partial charge on any atom is 0.0468 e. The molecule has 0 aliphatic carbocycles. The molecule has 1 rings (SSSR count). The van der Waals surface area contributed by atoms with Gasteiger partial charge in [-0.1, -0.05) is 13.3 Å². The molecule has 0 aromatic heterocycles. The molecule has 0 bridgehead atoms. The van der Waals surface area contributed by atoms with Gasteiger partial charge in [0.15, 0.2) is 0 Å². The minimum atomic E-state index is 0.588. The Morgan fingerprint density at radius 2 is 2.09 bits per heavy atom. The molecule has 0 unspecified atom stereocenters. The molecule has 0 atom stereocenters. The summed E-state index contributed by atoms with van der Waals surface area (Å²) in [6.45, 7) is 5.57. The van der Waals surface area contributed by atoms with Gasteiger partial charge >= 0.3 is 0 Å². The Morgan fingerprint density at radius 3 is 2.45 bits per heavy atom. The minimum Gasteiger partial charge on any atom is -0.385 e. The summed E-state index contributed by atoms with van der Waals surface area (Å²) in [5.41, 5.74) is 0.588. The van der Waals surface area contributed by atoms with Crippen LogP contribution >= 0.6 is 0 Å². The number of rotatable bonds is 5. The van der Waals surface area contributed by atoms with Crippen LogP contribution in [-0.2, 0) is 4.74 Å². The van der Waals surface area contributed by atoms with Crippen molar-refractivity contribution in [1.82, 2.24) is 5.32 Å². The van der Waals surface area contributed by atoms with Gasteiger partial charge in [0.05, 0.1) is 0 Å². The topological polar surface area (TPSA) is 21.3 Å². The van der Waals surface area contributed by atoms with Crippen molar-refractivity contribution in [2.75, 3.05) is 26.8 Å². The first kappa shape index (κ1) is 9.01. The van der Waals surface area contributed by atoms with Crippen LogP contribution in [0.4, 0.5) is 0 Å². The van der Waals surface area contributed by atoms with Gasteiger partial charge in [-0.15, -0.1) is 0 Å². The quantitative estimate of drug-likeness (QED) is 0.651. The van der Waals surface area contributed by atoms with Crippen LogP contribution in [0.15, 0.2) is 0 Å². The van der Waals surface area contributed by atoms with Gasteiger partial charge in [-0.05, 0) is 18.3 Å². The van der Waals surface area contributed by atoms with Crippen LogP contribution in [0.25, 0.3) is 0 Å². The predicted molar refractivity (Wildman–Crippen MR) is 46.7 cm³/mol. The zero-order valence-electron chi connectivity index (χ0n) is 7.65. The monoisotopic (exact) mass is 157 g/mol. The molecule has 1 fully saturated rings. The SMILES string of the molecule is CCCC1(CCOC)CNC1. The summed E-state index contributed by atoms with van der Waals surface area (Å²) >= 11 is 0. The Kier molecular flexibility index (Phi) is 3.34. The number of hydrogen-bond donors (Lipinski definition) is 1. The molecule has 1 N–H and O–H groups in total. The maximum absolute atomic E-state index is 5.09. The summed E-state index contributed by atoms with van der Waals surface area (Å²) in [4.78, 5) is 0. The fourth-order valence-electron chi connectivity index (χ4n) is 1.81. The van der Waals surface area contributed by atoms with Gasteiger partial charge in [-0.25, -0.2) is 0 Å². The first-order valence-corrected chi connectivity index (χ1v) is 4.53. The second-order valence-electron chi connectivity index (χ2n) is 3.60. The molecule has 11 heavy (non-hydrogen) atoms. The Bertz CT molecular complexity index is 110. The largest absolute Gasteiger partial charge is 0.385 e. The summed E-state index contributed by atoms with van der Waals surface area (Å²) in [7, 11) is 1.78. The Labute approximate surface area is 69.3 Å². The zero-order chi connectivity index (χ0) is 8.16. The molecule has 0 saturated carbocycles. The minimum absolute atomic E-state index is 0.588. The second-order valence-corrected chi connectivity index (χ2v) is 3.60. The smallest absolute Gasteiger partial charge is 0.0468 e. The van der Waals surface area contributed by atoms with E-state index in [0.717, 1.165) is 6.61 Å². The maximum atomic E-state index is 5.09. The van der Waals surface area contributed by atoms with Crippen molar-refractivity contribution >= 4 is 0 Å². The molecule has 2 heteroatoms. The molecule has 0 aromatic carbocycles. The van der Waals surface area contributed by atoms with E-state index in [1.807, 2.05) is 0 Å². The van der Waals surface area contributed by atoms with Gasteiger partial charge in [0.1, 0.15) is 0 Å². The summed E-state index contributed by atoms with van der Waals surface area (Å²) in [6, 6.07) is 0. The molecule has 1 aliphatic heterocycles. The van der Waals surface area contributed by atoms with E-state index in [2.05, 4.69) is 12.2 Å². The summed E-state index contributed by atoms with van der Waals surface area (Å²) in [5, 5.41) is 3.34. The van der Waals surface area contributed by atoms with Crippen molar-refractivity contribution in [3.8, 4) is 0 Å². The molecule has 1 saturated heterocycles. The van der Waals surface area contributed by atoms with Gasteiger partial charge < -0.3 is 10.1 Å². The molecular formula is C9H19NO. The van der Waals surface area contributed by atoms with Gasteiger partial charge in [0, 0.05) is 26.8 Å². The lowest BCUT2D eigenvalue weighted by Gasteiger charge is -2.42. The first-order chi connectivity index (χ1) is 5.33. The fraction of sp³-hybridized carbons (Fsp3) is 1.00. The van der Waals surface area contributed by atoms with Crippen LogP contribution in [0, 0.1) is 5.41 Å². The molecule has 66 valence electrons. The Hall–Kier alpha value is -0.0800. The lowest BCUT2D eigenvalue weighted by atomic mass is 9.75. The van der Waals surface area contributed by atoms with Crippen LogP contribution in [0.2, 0.25) is 0 Å². The van der Waals surface area contributed by atoms with E-state index in [-0.39, 0.29) is 0 Å². The average Bonchev–Trinajstić information content (AvgIpc) is 1.95. The van der Waals surface area contributed by atoms with E-state index in [1.54, 1.807) is 7.11 Å². The van der Waals surface area contributed by atoms with E-state index in [9.17, 15) is 0 Å². The van der Waals surface area contributed by atoms with Crippen molar-refractivity contribution in [2.45, 2.75) is 26.2 Å². The van der Waals surface area contributed by atoms with Crippen molar-refractivity contribution in [3.05, 3.63) is 0 Å². The molecule has 0 amide bonds. The Balaban J connectivity index is 2.22. The first-order valence-electron chi connectivity index (χ1n) is 4.53. The third-order valence-electron chi connectivity index (χ3n) is 2.62. The van der Waals surface area contributed by atoms with Gasteiger partial charge in [-0.3, -0.25) is 0 Å². The third kappa shape index (κ3) is 2.17. The highest BCUT2D eigenvalue weighted by Gasteiger charge is 2.34. The van der Waals surface area contributed by atoms with Gasteiger partial charge in [-0.2, -0.15) is 0 Å².